The first-order valence-corrected chi connectivity index (χ1v) is 6.14. The largest absolute Gasteiger partial charge is 0.395 e. The third-order valence-corrected chi connectivity index (χ3v) is 5.03. The Labute approximate surface area is 91.3 Å². The molecule has 0 aromatic carbocycles. The molecule has 1 aromatic rings. The molecule has 76 valence electrons. The first-order valence-electron chi connectivity index (χ1n) is 4.44. The summed E-state index contributed by atoms with van der Waals surface area (Å²) in [5.74, 6) is 0. The summed E-state index contributed by atoms with van der Waals surface area (Å²) >= 11 is 3.25. The van der Waals surface area contributed by atoms with Crippen LogP contribution in [0.1, 0.15) is 11.3 Å². The molecule has 0 spiro atoms. The summed E-state index contributed by atoms with van der Waals surface area (Å²) in [6.07, 6.45) is 2.82. The molecule has 1 aromatic heterocycles. The number of allylic oxidation sites excluding steroid dienone is 1. The van der Waals surface area contributed by atoms with E-state index < -0.39 is 0 Å². The van der Waals surface area contributed by atoms with Crippen molar-refractivity contribution in [1.29, 1.82) is 0 Å². The molecule has 1 atom stereocenters. The van der Waals surface area contributed by atoms with Crippen LogP contribution in [0.3, 0.4) is 0 Å². The molecule has 0 fully saturated rings. The number of hydrogen-bond donors (Lipinski definition) is 2. The van der Waals surface area contributed by atoms with E-state index >= 15 is 0 Å². The second-order valence-electron chi connectivity index (χ2n) is 3.26. The number of thiophene rings is 1. The third-order valence-electron chi connectivity index (χ3n) is 2.37. The van der Waals surface area contributed by atoms with Crippen LogP contribution in [-0.4, -0.2) is 23.4 Å². The van der Waals surface area contributed by atoms with Crippen LogP contribution in [-0.2, 0) is 4.75 Å². The molecular formula is C10H12O2S2. The molecule has 2 heterocycles. The van der Waals surface area contributed by atoms with Crippen LogP contribution in [0.5, 0.6) is 0 Å². The summed E-state index contributed by atoms with van der Waals surface area (Å²) in [5, 5.41) is 20.5. The van der Waals surface area contributed by atoms with Crippen LogP contribution in [0.2, 0.25) is 0 Å². The van der Waals surface area contributed by atoms with Crippen molar-refractivity contribution in [2.24, 2.45) is 0 Å². The molecule has 0 saturated heterocycles. The predicted molar refractivity (Wildman–Crippen MR) is 60.5 cm³/mol. The highest BCUT2D eigenvalue weighted by Gasteiger charge is 2.37. The van der Waals surface area contributed by atoms with Gasteiger partial charge in [-0.25, -0.2) is 0 Å². The van der Waals surface area contributed by atoms with Crippen molar-refractivity contribution in [2.45, 2.75) is 11.2 Å². The standard InChI is InChI=1S/C10H12O2S2/c11-6-8-3-4-10(7-12,14-8)9-2-1-5-13-9/h1-3,5,11-12H,4,6-7H2. The highest BCUT2D eigenvalue weighted by Crippen LogP contribution is 2.50. The van der Waals surface area contributed by atoms with Gasteiger partial charge in [0.2, 0.25) is 0 Å². The van der Waals surface area contributed by atoms with E-state index in [4.69, 9.17) is 5.11 Å². The van der Waals surface area contributed by atoms with E-state index in [2.05, 4.69) is 0 Å². The molecule has 4 heteroatoms. The molecule has 1 aliphatic rings. The number of thioether (sulfide) groups is 1. The quantitative estimate of drug-likeness (QED) is 0.830. The molecule has 2 N–H and O–H groups in total. The van der Waals surface area contributed by atoms with Crippen LogP contribution in [0.4, 0.5) is 0 Å². The van der Waals surface area contributed by atoms with Crippen molar-refractivity contribution in [3.63, 3.8) is 0 Å². The van der Waals surface area contributed by atoms with Gasteiger partial charge < -0.3 is 10.2 Å². The van der Waals surface area contributed by atoms with Crippen LogP contribution in [0.25, 0.3) is 0 Å². The van der Waals surface area contributed by atoms with Crippen molar-refractivity contribution >= 4 is 23.1 Å². The molecule has 1 aliphatic heterocycles. The number of aliphatic hydroxyl groups is 2. The summed E-state index contributed by atoms with van der Waals surface area (Å²) < 4.78 is -0.230. The Morgan fingerprint density at radius 1 is 1.43 bits per heavy atom. The fourth-order valence-corrected chi connectivity index (χ4v) is 3.80. The minimum atomic E-state index is -0.230. The van der Waals surface area contributed by atoms with Gasteiger partial charge in [-0.15, -0.1) is 23.1 Å². The fraction of sp³-hybridized carbons (Fsp3) is 0.400. The Kier molecular flexibility index (Phi) is 2.97. The van der Waals surface area contributed by atoms with Gasteiger partial charge in [0.15, 0.2) is 0 Å². The lowest BCUT2D eigenvalue weighted by Gasteiger charge is -2.24. The van der Waals surface area contributed by atoms with Crippen LogP contribution >= 0.6 is 23.1 Å². The van der Waals surface area contributed by atoms with Crippen LogP contribution < -0.4 is 0 Å². The maximum Gasteiger partial charge on any atom is 0.0810 e. The van der Waals surface area contributed by atoms with Crippen molar-refractivity contribution in [2.75, 3.05) is 13.2 Å². The minimum absolute atomic E-state index is 0.0811. The highest BCUT2D eigenvalue weighted by molar-refractivity contribution is 8.04. The molecule has 0 aliphatic carbocycles. The number of hydrogen-bond acceptors (Lipinski definition) is 4. The number of aliphatic hydroxyl groups excluding tert-OH is 2. The first kappa shape index (κ1) is 10.2. The summed E-state index contributed by atoms with van der Waals surface area (Å²) in [6, 6.07) is 4.04. The molecule has 0 radical (unpaired) electrons. The Morgan fingerprint density at radius 3 is 2.79 bits per heavy atom. The van der Waals surface area contributed by atoms with Gasteiger partial charge >= 0.3 is 0 Å². The van der Waals surface area contributed by atoms with Crippen molar-refractivity contribution in [1.82, 2.24) is 0 Å². The Hall–Kier alpha value is -0.290. The Morgan fingerprint density at radius 2 is 2.29 bits per heavy atom. The van der Waals surface area contributed by atoms with Gasteiger partial charge in [-0.2, -0.15) is 0 Å². The van der Waals surface area contributed by atoms with Crippen molar-refractivity contribution < 1.29 is 10.2 Å². The van der Waals surface area contributed by atoms with E-state index in [9.17, 15) is 5.11 Å². The van der Waals surface area contributed by atoms with Crippen molar-refractivity contribution in [3.8, 4) is 0 Å². The maximum absolute atomic E-state index is 9.47. The van der Waals surface area contributed by atoms with E-state index in [0.29, 0.717) is 0 Å². The molecular weight excluding hydrogens is 216 g/mol. The van der Waals surface area contributed by atoms with Crippen LogP contribution in [0.15, 0.2) is 28.5 Å². The Balaban J connectivity index is 2.23. The average molecular weight is 228 g/mol. The topological polar surface area (TPSA) is 40.5 Å². The maximum atomic E-state index is 9.47. The normalized spacial score (nSPS) is 26.6. The smallest absolute Gasteiger partial charge is 0.0810 e. The molecule has 2 nitrogen and oxygen atoms in total. The zero-order valence-electron chi connectivity index (χ0n) is 7.64. The molecule has 0 amide bonds. The lowest BCUT2D eigenvalue weighted by atomic mass is 10.0. The minimum Gasteiger partial charge on any atom is -0.395 e. The van der Waals surface area contributed by atoms with Gasteiger partial charge in [-0.05, 0) is 17.9 Å². The SMILES string of the molecule is OCC1=CCC(CO)(c2cccs2)S1. The summed E-state index contributed by atoms with van der Waals surface area (Å²) in [7, 11) is 0. The molecule has 2 rings (SSSR count). The summed E-state index contributed by atoms with van der Waals surface area (Å²) in [4.78, 5) is 2.15. The lowest BCUT2D eigenvalue weighted by molar-refractivity contribution is 0.253. The average Bonchev–Trinajstić information content (AvgIpc) is 2.87. The van der Waals surface area contributed by atoms with Gasteiger partial charge in [0.1, 0.15) is 0 Å². The Bertz CT molecular complexity index is 332. The monoisotopic (exact) mass is 228 g/mol. The highest BCUT2D eigenvalue weighted by atomic mass is 32.2. The molecule has 1 unspecified atom stereocenters. The van der Waals surface area contributed by atoms with E-state index in [-0.39, 0.29) is 18.0 Å². The van der Waals surface area contributed by atoms with E-state index in [1.54, 1.807) is 23.1 Å². The summed E-state index contributed by atoms with van der Waals surface area (Å²) in [5.41, 5.74) is 0. The van der Waals surface area contributed by atoms with Gasteiger partial charge in [0.05, 0.1) is 18.0 Å². The van der Waals surface area contributed by atoms with Crippen molar-refractivity contribution in [3.05, 3.63) is 33.4 Å². The van der Waals surface area contributed by atoms with E-state index in [0.717, 1.165) is 11.3 Å². The number of rotatable bonds is 3. The zero-order valence-corrected chi connectivity index (χ0v) is 9.27. The van der Waals surface area contributed by atoms with E-state index in [1.807, 2.05) is 23.6 Å². The zero-order chi connectivity index (χ0) is 10.0. The van der Waals surface area contributed by atoms with Gasteiger partial charge in [-0.3, -0.25) is 0 Å². The third kappa shape index (κ3) is 1.63. The first-order chi connectivity index (χ1) is 6.80. The molecule has 0 saturated carbocycles. The molecule has 14 heavy (non-hydrogen) atoms. The van der Waals surface area contributed by atoms with E-state index in [1.165, 1.54) is 4.88 Å². The van der Waals surface area contributed by atoms with Gasteiger partial charge in [0.25, 0.3) is 0 Å². The lowest BCUT2D eigenvalue weighted by Crippen LogP contribution is -2.22. The second-order valence-corrected chi connectivity index (χ2v) is 5.72. The molecule has 0 bridgehead atoms. The predicted octanol–water partition coefficient (Wildman–Crippen LogP) is 1.95. The van der Waals surface area contributed by atoms with Gasteiger partial charge in [-0.1, -0.05) is 12.1 Å². The second kappa shape index (κ2) is 4.06. The fourth-order valence-electron chi connectivity index (χ4n) is 1.57. The van der Waals surface area contributed by atoms with Gasteiger partial charge in [0, 0.05) is 9.78 Å². The summed E-state index contributed by atoms with van der Waals surface area (Å²) in [6.45, 7) is 0.204. The van der Waals surface area contributed by atoms with Crippen LogP contribution in [0, 0.1) is 0 Å².